The van der Waals surface area contributed by atoms with Crippen molar-refractivity contribution in [2.75, 3.05) is 10.2 Å². The van der Waals surface area contributed by atoms with E-state index in [2.05, 4.69) is 28.8 Å². The first-order chi connectivity index (χ1) is 16.2. The van der Waals surface area contributed by atoms with E-state index in [0.29, 0.717) is 25.9 Å². The molecule has 0 spiro atoms. The highest BCUT2D eigenvalue weighted by Gasteiger charge is 2.24. The van der Waals surface area contributed by atoms with Gasteiger partial charge in [-0.3, -0.25) is 4.79 Å². The Morgan fingerprint density at radius 2 is 1.64 bits per heavy atom. The standard InChI is InChI=1S/C28H25N3O2/c32-27-16-13-22-17-24(14-15-26(22)31(27)19-20-7-2-1-3-8-20)30-28(33)29-18-23-11-6-10-21-9-4-5-12-25(21)23/h1-12,14-15,17H,13,16,18-19H2,(H2,29,30,33). The summed E-state index contributed by atoms with van der Waals surface area (Å²) in [5.41, 5.74) is 4.87. The summed E-state index contributed by atoms with van der Waals surface area (Å²) < 4.78 is 0. The van der Waals surface area contributed by atoms with Gasteiger partial charge in [-0.05, 0) is 52.1 Å². The molecule has 0 radical (unpaired) electrons. The van der Waals surface area contributed by atoms with Gasteiger partial charge in [0.25, 0.3) is 0 Å². The van der Waals surface area contributed by atoms with Crippen molar-refractivity contribution in [3.63, 3.8) is 0 Å². The molecule has 4 aromatic rings. The van der Waals surface area contributed by atoms with Gasteiger partial charge in [-0.1, -0.05) is 72.8 Å². The molecule has 1 aliphatic rings. The smallest absolute Gasteiger partial charge is 0.319 e. The first-order valence-electron chi connectivity index (χ1n) is 11.2. The Kier molecular flexibility index (Phi) is 5.77. The highest BCUT2D eigenvalue weighted by Crippen LogP contribution is 2.31. The number of rotatable bonds is 5. The van der Waals surface area contributed by atoms with Crippen molar-refractivity contribution in [2.24, 2.45) is 0 Å². The number of benzene rings is 4. The Morgan fingerprint density at radius 1 is 0.848 bits per heavy atom. The molecule has 33 heavy (non-hydrogen) atoms. The average molecular weight is 436 g/mol. The Hall–Kier alpha value is -4.12. The molecule has 0 saturated heterocycles. The van der Waals surface area contributed by atoms with Gasteiger partial charge in [0, 0.05) is 24.3 Å². The van der Waals surface area contributed by atoms with Crippen molar-refractivity contribution in [1.29, 1.82) is 0 Å². The number of hydrogen-bond acceptors (Lipinski definition) is 2. The number of amides is 3. The first-order valence-corrected chi connectivity index (χ1v) is 11.2. The lowest BCUT2D eigenvalue weighted by molar-refractivity contribution is -0.119. The molecule has 0 saturated carbocycles. The SMILES string of the molecule is O=C(NCc1cccc2ccccc12)Nc1ccc2c(c1)CCC(=O)N2Cc1ccccc1. The number of nitrogens with zero attached hydrogens (tertiary/aromatic N) is 1. The molecule has 5 heteroatoms. The second kappa shape index (κ2) is 9.17. The first kappa shape index (κ1) is 20.8. The summed E-state index contributed by atoms with van der Waals surface area (Å²) in [5, 5.41) is 8.18. The molecular weight excluding hydrogens is 410 g/mol. The minimum atomic E-state index is -0.254. The van der Waals surface area contributed by atoms with Gasteiger partial charge in [-0.25, -0.2) is 4.79 Å². The monoisotopic (exact) mass is 435 g/mol. The quantitative estimate of drug-likeness (QED) is 0.426. The van der Waals surface area contributed by atoms with E-state index in [1.165, 1.54) is 0 Å². The molecule has 0 fully saturated rings. The van der Waals surface area contributed by atoms with Crippen LogP contribution < -0.4 is 15.5 Å². The average Bonchev–Trinajstić information content (AvgIpc) is 2.85. The number of aryl methyl sites for hydroxylation is 1. The predicted octanol–water partition coefficient (Wildman–Crippen LogP) is 5.64. The molecule has 1 aliphatic heterocycles. The zero-order chi connectivity index (χ0) is 22.6. The van der Waals surface area contributed by atoms with Crippen LogP contribution in [-0.4, -0.2) is 11.9 Å². The maximum absolute atomic E-state index is 12.6. The van der Waals surface area contributed by atoms with Crippen LogP contribution in [0, 0.1) is 0 Å². The number of anilines is 2. The number of hydrogen-bond donors (Lipinski definition) is 2. The lowest BCUT2D eigenvalue weighted by atomic mass is 9.99. The molecule has 0 aromatic heterocycles. The molecule has 1 heterocycles. The molecule has 4 aromatic carbocycles. The zero-order valence-corrected chi connectivity index (χ0v) is 18.3. The number of urea groups is 1. The third-order valence-corrected chi connectivity index (χ3v) is 6.04. The largest absolute Gasteiger partial charge is 0.334 e. The summed E-state index contributed by atoms with van der Waals surface area (Å²) in [6.07, 6.45) is 1.14. The maximum Gasteiger partial charge on any atom is 0.319 e. The summed E-state index contributed by atoms with van der Waals surface area (Å²) in [4.78, 5) is 27.0. The second-order valence-corrected chi connectivity index (χ2v) is 8.25. The highest BCUT2D eigenvalue weighted by molar-refractivity contribution is 5.97. The number of fused-ring (bicyclic) bond motifs is 2. The molecule has 5 rings (SSSR count). The van der Waals surface area contributed by atoms with Gasteiger partial charge in [0.1, 0.15) is 0 Å². The molecule has 3 amide bonds. The van der Waals surface area contributed by atoms with E-state index in [1.807, 2.05) is 77.7 Å². The fourth-order valence-corrected chi connectivity index (χ4v) is 4.37. The van der Waals surface area contributed by atoms with Crippen molar-refractivity contribution in [2.45, 2.75) is 25.9 Å². The van der Waals surface area contributed by atoms with Crippen LogP contribution in [0.5, 0.6) is 0 Å². The summed E-state index contributed by atoms with van der Waals surface area (Å²) in [7, 11) is 0. The van der Waals surface area contributed by atoms with E-state index in [-0.39, 0.29) is 11.9 Å². The third kappa shape index (κ3) is 4.58. The summed E-state index contributed by atoms with van der Waals surface area (Å²) in [5.74, 6) is 0.125. The van der Waals surface area contributed by atoms with Crippen molar-refractivity contribution in [3.05, 3.63) is 108 Å². The van der Waals surface area contributed by atoms with Crippen molar-refractivity contribution < 1.29 is 9.59 Å². The summed E-state index contributed by atoms with van der Waals surface area (Å²) >= 11 is 0. The number of carbonyl (C=O) groups excluding carboxylic acids is 2. The van der Waals surface area contributed by atoms with E-state index < -0.39 is 0 Å². The summed E-state index contributed by atoms with van der Waals surface area (Å²) in [6.45, 7) is 0.989. The summed E-state index contributed by atoms with van der Waals surface area (Å²) in [6, 6.07) is 29.7. The van der Waals surface area contributed by atoms with Crippen LogP contribution in [0.1, 0.15) is 23.1 Å². The Labute approximate surface area is 193 Å². The van der Waals surface area contributed by atoms with Crippen molar-refractivity contribution >= 4 is 34.1 Å². The molecule has 0 bridgehead atoms. The van der Waals surface area contributed by atoms with Crippen molar-refractivity contribution in [3.8, 4) is 0 Å². The van der Waals surface area contributed by atoms with E-state index >= 15 is 0 Å². The van der Waals surface area contributed by atoms with Gasteiger partial charge in [0.2, 0.25) is 5.91 Å². The lowest BCUT2D eigenvalue weighted by Crippen LogP contribution is -2.34. The van der Waals surface area contributed by atoms with Gasteiger partial charge in [-0.2, -0.15) is 0 Å². The topological polar surface area (TPSA) is 61.4 Å². The highest BCUT2D eigenvalue weighted by atomic mass is 16.2. The molecule has 2 N–H and O–H groups in total. The third-order valence-electron chi connectivity index (χ3n) is 6.04. The van der Waals surface area contributed by atoms with Gasteiger partial charge < -0.3 is 15.5 Å². The molecule has 0 atom stereocenters. The fraction of sp³-hybridized carbons (Fsp3) is 0.143. The molecular formula is C28H25N3O2. The second-order valence-electron chi connectivity index (χ2n) is 8.25. The van der Waals surface area contributed by atoms with Crippen LogP contribution in [0.2, 0.25) is 0 Å². The zero-order valence-electron chi connectivity index (χ0n) is 18.3. The Balaban J connectivity index is 1.27. The van der Waals surface area contributed by atoms with E-state index in [0.717, 1.165) is 38.8 Å². The number of carbonyl (C=O) groups is 2. The van der Waals surface area contributed by atoms with Crippen LogP contribution in [-0.2, 0) is 24.3 Å². The van der Waals surface area contributed by atoms with Crippen LogP contribution >= 0.6 is 0 Å². The van der Waals surface area contributed by atoms with Crippen LogP contribution in [0.25, 0.3) is 10.8 Å². The minimum absolute atomic E-state index is 0.125. The predicted molar refractivity (Wildman–Crippen MR) is 132 cm³/mol. The molecule has 5 nitrogen and oxygen atoms in total. The van der Waals surface area contributed by atoms with Gasteiger partial charge in [0.05, 0.1) is 6.54 Å². The fourth-order valence-electron chi connectivity index (χ4n) is 4.37. The van der Waals surface area contributed by atoms with Crippen LogP contribution in [0.4, 0.5) is 16.2 Å². The lowest BCUT2D eigenvalue weighted by Gasteiger charge is -2.30. The molecule has 0 unspecified atom stereocenters. The van der Waals surface area contributed by atoms with Gasteiger partial charge in [-0.15, -0.1) is 0 Å². The van der Waals surface area contributed by atoms with Crippen LogP contribution in [0.15, 0.2) is 91.0 Å². The van der Waals surface area contributed by atoms with E-state index in [4.69, 9.17) is 0 Å². The van der Waals surface area contributed by atoms with Crippen molar-refractivity contribution in [1.82, 2.24) is 5.32 Å². The number of nitrogens with one attached hydrogen (secondary N) is 2. The molecule has 0 aliphatic carbocycles. The van der Waals surface area contributed by atoms with Gasteiger partial charge in [0.15, 0.2) is 0 Å². The maximum atomic E-state index is 12.6. The Morgan fingerprint density at radius 3 is 2.52 bits per heavy atom. The van der Waals surface area contributed by atoms with Crippen LogP contribution in [0.3, 0.4) is 0 Å². The van der Waals surface area contributed by atoms with Gasteiger partial charge >= 0.3 is 6.03 Å². The normalized spacial score (nSPS) is 13.0. The minimum Gasteiger partial charge on any atom is -0.334 e. The Bertz CT molecular complexity index is 1310. The van der Waals surface area contributed by atoms with E-state index in [1.54, 1.807) is 0 Å². The van der Waals surface area contributed by atoms with E-state index in [9.17, 15) is 9.59 Å². The molecule has 164 valence electrons.